The summed E-state index contributed by atoms with van der Waals surface area (Å²) >= 11 is 7.16. The minimum atomic E-state index is -0.351. The largest absolute Gasteiger partial charge is 0.462 e. The minimum Gasteiger partial charge on any atom is -0.462 e. The number of anilines is 3. The van der Waals surface area contributed by atoms with Crippen molar-refractivity contribution in [1.29, 1.82) is 0 Å². The van der Waals surface area contributed by atoms with E-state index in [2.05, 4.69) is 216 Å². The number of benzene rings is 7. The maximum absolute atomic E-state index is 13.6. The van der Waals surface area contributed by atoms with Crippen LogP contribution in [0.1, 0.15) is 50.7 Å². The molecule has 0 unspecified atom stereocenters. The number of para-hydroxylation sites is 4. The van der Waals surface area contributed by atoms with Crippen molar-refractivity contribution in [2.75, 3.05) is 11.5 Å². The van der Waals surface area contributed by atoms with Gasteiger partial charge in [0.05, 0.1) is 23.5 Å². The number of thioether (sulfide) groups is 1. The number of esters is 1. The molecule has 7 heterocycles. The van der Waals surface area contributed by atoms with Gasteiger partial charge in [0.1, 0.15) is 16.5 Å². The molecule has 358 valence electrons. The van der Waals surface area contributed by atoms with E-state index in [1.54, 1.807) is 45.8 Å². The van der Waals surface area contributed by atoms with Gasteiger partial charge in [-0.15, -0.1) is 38.6 Å². The topological polar surface area (TPSA) is 41.8 Å². The number of hydrogen-bond donors (Lipinski definition) is 0. The van der Waals surface area contributed by atoms with Gasteiger partial charge in [-0.2, -0.15) is 0 Å². The van der Waals surface area contributed by atoms with Crippen molar-refractivity contribution >= 4 is 119 Å². The zero-order valence-corrected chi connectivity index (χ0v) is 43.7. The van der Waals surface area contributed by atoms with E-state index in [0.29, 0.717) is 5.56 Å². The van der Waals surface area contributed by atoms with E-state index in [1.165, 1.54) is 41.4 Å². The number of carbonyl (C=O) groups excluding carboxylic acids is 1. The highest BCUT2D eigenvalue weighted by Crippen LogP contribution is 2.49. The van der Waals surface area contributed by atoms with Crippen molar-refractivity contribution in [2.45, 2.75) is 6.92 Å². The van der Waals surface area contributed by atoms with Gasteiger partial charge >= 0.3 is 5.97 Å². The number of nitrogens with zero attached hydrogens (tertiary/aromatic N) is 2. The summed E-state index contributed by atoms with van der Waals surface area (Å²) in [6.45, 7) is 2.13. The molecule has 0 radical (unpaired) electrons. The van der Waals surface area contributed by atoms with Crippen LogP contribution in [0.25, 0.3) is 55.0 Å². The van der Waals surface area contributed by atoms with Crippen LogP contribution in [-0.4, -0.2) is 17.6 Å². The van der Waals surface area contributed by atoms with Crippen LogP contribution in [0.3, 0.4) is 0 Å². The third-order valence-corrected chi connectivity index (χ3v) is 18.7. The Kier molecular flexibility index (Phi) is 11.4. The predicted molar refractivity (Wildman–Crippen MR) is 317 cm³/mol. The molecule has 0 aliphatic carbocycles. The van der Waals surface area contributed by atoms with Gasteiger partial charge in [0.15, 0.2) is 0 Å². The van der Waals surface area contributed by atoms with Gasteiger partial charge in [-0.3, -0.25) is 0 Å². The number of thiophene rings is 3. The van der Waals surface area contributed by atoms with E-state index in [-0.39, 0.29) is 12.6 Å². The molecule has 0 spiro atoms. The molecule has 0 atom stereocenters. The van der Waals surface area contributed by atoms with Crippen LogP contribution in [0.2, 0.25) is 0 Å². The van der Waals surface area contributed by atoms with E-state index in [4.69, 9.17) is 9.47 Å². The maximum atomic E-state index is 13.6. The Hall–Kier alpha value is -8.31. The summed E-state index contributed by atoms with van der Waals surface area (Å²) in [6.07, 6.45) is 13.3. The summed E-state index contributed by atoms with van der Waals surface area (Å²) in [5.41, 5.74) is 13.6. The summed E-state index contributed by atoms with van der Waals surface area (Å²) in [5.74, 6) is 1.11. The first-order valence-electron chi connectivity index (χ1n) is 24.9. The van der Waals surface area contributed by atoms with Crippen LogP contribution in [0.4, 0.5) is 27.8 Å². The molecule has 4 aliphatic heterocycles. The van der Waals surface area contributed by atoms with Gasteiger partial charge in [0, 0.05) is 74.3 Å². The van der Waals surface area contributed by atoms with Crippen molar-refractivity contribution in [1.82, 2.24) is 4.58 Å². The Labute approximate surface area is 449 Å². The average Bonchev–Trinajstić information content (AvgIpc) is 4.32. The zero-order chi connectivity index (χ0) is 50.0. The SMILES string of the molecule is CCOC(=O)c1ccccc1C1=c2cc/c(=c3/cc/c(=C4\C=CC(=[N+]5c6ccccc6C=Cc6ccccc65)S4)s3)cc2Oc2cc(-c3ccc(-c4ccc(N5c6ccccc6C=Cc6ccccc65)s4)s3)ccc21. The van der Waals surface area contributed by atoms with Gasteiger partial charge in [-0.25, -0.2) is 4.79 Å². The normalized spacial score (nSPS) is 15.0. The zero-order valence-electron chi connectivity index (χ0n) is 40.4. The molecule has 9 heteroatoms. The monoisotopic (exact) mass is 1040 g/mol. The Morgan fingerprint density at radius 1 is 0.533 bits per heavy atom. The Morgan fingerprint density at radius 2 is 1.17 bits per heavy atom. The Morgan fingerprint density at radius 3 is 1.93 bits per heavy atom. The van der Waals surface area contributed by atoms with Gasteiger partial charge in [0.2, 0.25) is 11.4 Å². The van der Waals surface area contributed by atoms with Crippen LogP contribution >= 0.6 is 45.8 Å². The first-order chi connectivity index (χ1) is 37.0. The van der Waals surface area contributed by atoms with E-state index in [9.17, 15) is 4.79 Å². The summed E-state index contributed by atoms with van der Waals surface area (Å²) in [4.78, 5) is 20.7. The molecule has 0 saturated carbocycles. The second-order valence-electron chi connectivity index (χ2n) is 18.3. The van der Waals surface area contributed by atoms with E-state index < -0.39 is 0 Å². The lowest BCUT2D eigenvalue weighted by Gasteiger charge is -2.25. The molecule has 10 aromatic rings. The molecule has 5 nitrogen and oxygen atoms in total. The molecule has 0 fully saturated rings. The number of hydrogen-bond acceptors (Lipinski definition) is 8. The second kappa shape index (κ2) is 18.9. The summed E-state index contributed by atoms with van der Waals surface area (Å²) in [6, 6.07) is 68.4. The number of ether oxygens (including phenoxy) is 2. The fourth-order valence-electron chi connectivity index (χ4n) is 10.4. The summed E-state index contributed by atoms with van der Waals surface area (Å²) < 4.78 is 17.4. The van der Waals surface area contributed by atoms with Crippen LogP contribution in [0.15, 0.2) is 206 Å². The molecule has 0 bridgehead atoms. The molecular formula is C66H43N2O3S4+. The first kappa shape index (κ1) is 45.3. The Balaban J connectivity index is 0.839. The van der Waals surface area contributed by atoms with Crippen molar-refractivity contribution in [2.24, 2.45) is 0 Å². The Bertz CT molecular complexity index is 4280. The molecule has 14 rings (SSSR count). The highest BCUT2D eigenvalue weighted by Gasteiger charge is 2.30. The van der Waals surface area contributed by atoms with Crippen LogP contribution < -0.4 is 24.0 Å². The quantitative estimate of drug-likeness (QED) is 0.123. The fraction of sp³-hybridized carbons (Fsp3) is 0.0303. The summed E-state index contributed by atoms with van der Waals surface area (Å²) in [5, 5.41) is 4.30. The van der Waals surface area contributed by atoms with Crippen molar-refractivity contribution in [3.8, 4) is 31.7 Å². The van der Waals surface area contributed by atoms with Crippen LogP contribution in [-0.2, 0) is 4.74 Å². The van der Waals surface area contributed by atoms with Gasteiger partial charge < -0.3 is 14.4 Å². The molecule has 4 aliphatic rings. The standard InChI is InChI=1S/C66H43N2O3S4/c1-2-70-66(69)48-18-8-7-17-47(48)65-49-29-27-45(57-31-33-59(72-57)61-35-37-63(74-61)67-51-19-9-3-13-41(51)23-24-42-14-4-10-20-52(42)67)39-55(49)71-56-40-46(28-30-50(56)65)58-32-34-60(73-58)62-36-38-64(75-62)68-53-21-11-5-15-43(53)25-26-44-16-6-12-22-54(44)68/h3-40H,2H2,1H3/q+1. The summed E-state index contributed by atoms with van der Waals surface area (Å²) in [7, 11) is 0. The smallest absolute Gasteiger partial charge is 0.338 e. The first-order valence-corrected chi connectivity index (χ1v) is 28.1. The second-order valence-corrected chi connectivity index (χ2v) is 22.6. The minimum absolute atomic E-state index is 0.284. The number of carbonyl (C=O) groups is 1. The fourth-order valence-corrected chi connectivity index (χ4v) is 14.7. The average molecular weight is 1040 g/mol. The van der Waals surface area contributed by atoms with E-state index in [0.717, 1.165) is 86.4 Å². The molecule has 3 aromatic heterocycles. The highest BCUT2D eigenvalue weighted by molar-refractivity contribution is 8.22. The van der Waals surface area contributed by atoms with Gasteiger partial charge in [0.25, 0.3) is 5.04 Å². The molecule has 7 aromatic carbocycles. The number of fused-ring (bicyclic) bond motifs is 6. The van der Waals surface area contributed by atoms with E-state index in [1.807, 2.05) is 31.2 Å². The van der Waals surface area contributed by atoms with Crippen LogP contribution in [0, 0.1) is 9.75 Å². The lowest BCUT2D eigenvalue weighted by molar-refractivity contribution is 0.0526. The third-order valence-electron chi connectivity index (χ3n) is 13.9. The van der Waals surface area contributed by atoms with Crippen molar-refractivity contribution in [3.05, 3.63) is 265 Å². The lowest BCUT2D eigenvalue weighted by Crippen LogP contribution is -2.19. The van der Waals surface area contributed by atoms with E-state index >= 15 is 0 Å². The molecule has 0 N–H and O–H groups in total. The van der Waals surface area contributed by atoms with Gasteiger partial charge in [-0.05, 0) is 155 Å². The molecule has 0 saturated heterocycles. The third kappa shape index (κ3) is 8.07. The highest BCUT2D eigenvalue weighted by atomic mass is 32.2. The van der Waals surface area contributed by atoms with Gasteiger partial charge in [-0.1, -0.05) is 103 Å². The maximum Gasteiger partial charge on any atom is 0.338 e. The lowest BCUT2D eigenvalue weighted by atomic mass is 9.89. The van der Waals surface area contributed by atoms with Crippen molar-refractivity contribution in [3.63, 3.8) is 0 Å². The molecule has 0 amide bonds. The predicted octanol–water partition coefficient (Wildman–Crippen LogP) is 16.8. The number of rotatable bonds is 6. The van der Waals surface area contributed by atoms with Crippen LogP contribution in [0.5, 0.6) is 11.5 Å². The van der Waals surface area contributed by atoms with Crippen molar-refractivity contribution < 1.29 is 14.3 Å². The molecular weight excluding hydrogens is 997 g/mol. The molecule has 75 heavy (non-hydrogen) atoms.